The van der Waals surface area contributed by atoms with E-state index in [1.54, 1.807) is 0 Å². The zero-order chi connectivity index (χ0) is 11.6. The second kappa shape index (κ2) is 4.28. The van der Waals surface area contributed by atoms with Crippen molar-refractivity contribution in [2.24, 2.45) is 5.73 Å². The third-order valence-electron chi connectivity index (χ3n) is 1.51. The summed E-state index contributed by atoms with van der Waals surface area (Å²) in [5.41, 5.74) is 5.17. The predicted octanol–water partition coefficient (Wildman–Crippen LogP) is 2.12. The highest BCUT2D eigenvalue weighted by atomic mass is 32.1. The number of nitrogens with two attached hydrogens (primary N) is 1. The standard InChI is InChI=1S/C10H16N2O2S/c1-6(11)8-12-5-7(15-8)9(13)14-10(2,3)4/h5-6H,11H2,1-4H3. The van der Waals surface area contributed by atoms with Crippen molar-refractivity contribution in [1.82, 2.24) is 4.98 Å². The summed E-state index contributed by atoms with van der Waals surface area (Å²) in [6, 6.07) is -0.147. The van der Waals surface area contributed by atoms with Gasteiger partial charge in [0.25, 0.3) is 0 Å². The number of hydrogen-bond acceptors (Lipinski definition) is 5. The lowest BCUT2D eigenvalue weighted by molar-refractivity contribution is 0.00750. The third kappa shape index (κ3) is 3.60. The van der Waals surface area contributed by atoms with Crippen molar-refractivity contribution in [3.05, 3.63) is 16.1 Å². The first-order chi connectivity index (χ1) is 6.79. The molecule has 1 heterocycles. The van der Waals surface area contributed by atoms with Crippen LogP contribution in [0.1, 0.15) is 48.4 Å². The average Bonchev–Trinajstić information content (AvgIpc) is 2.47. The Morgan fingerprint density at radius 3 is 2.60 bits per heavy atom. The molecule has 0 bridgehead atoms. The van der Waals surface area contributed by atoms with Crippen molar-refractivity contribution in [3.63, 3.8) is 0 Å². The molecule has 15 heavy (non-hydrogen) atoms. The van der Waals surface area contributed by atoms with Crippen LogP contribution < -0.4 is 5.73 Å². The largest absolute Gasteiger partial charge is 0.456 e. The van der Waals surface area contributed by atoms with E-state index in [0.29, 0.717) is 4.88 Å². The molecular weight excluding hydrogens is 212 g/mol. The molecule has 1 atom stereocenters. The summed E-state index contributed by atoms with van der Waals surface area (Å²) in [6.45, 7) is 7.33. The lowest BCUT2D eigenvalue weighted by Gasteiger charge is -2.18. The first kappa shape index (κ1) is 12.1. The summed E-state index contributed by atoms with van der Waals surface area (Å²) in [4.78, 5) is 16.2. The molecule has 0 aromatic carbocycles. The SMILES string of the molecule is CC(N)c1ncc(C(=O)OC(C)(C)C)s1. The van der Waals surface area contributed by atoms with Crippen molar-refractivity contribution < 1.29 is 9.53 Å². The van der Waals surface area contributed by atoms with Gasteiger partial charge >= 0.3 is 5.97 Å². The predicted molar refractivity (Wildman–Crippen MR) is 59.9 cm³/mol. The number of ether oxygens (including phenoxy) is 1. The molecule has 0 amide bonds. The second-order valence-electron chi connectivity index (χ2n) is 4.35. The maximum Gasteiger partial charge on any atom is 0.350 e. The van der Waals surface area contributed by atoms with Crippen molar-refractivity contribution >= 4 is 17.3 Å². The molecule has 0 saturated heterocycles. The number of carbonyl (C=O) groups is 1. The first-order valence-corrected chi connectivity index (χ1v) is 5.56. The lowest BCUT2D eigenvalue weighted by atomic mass is 10.2. The topological polar surface area (TPSA) is 65.2 Å². The van der Waals surface area contributed by atoms with Crippen molar-refractivity contribution in [2.45, 2.75) is 39.3 Å². The van der Waals surface area contributed by atoms with Gasteiger partial charge in [-0.25, -0.2) is 9.78 Å². The van der Waals surface area contributed by atoms with Gasteiger partial charge in [-0.15, -0.1) is 11.3 Å². The number of nitrogens with zero attached hydrogens (tertiary/aromatic N) is 1. The van der Waals surface area contributed by atoms with Crippen molar-refractivity contribution in [1.29, 1.82) is 0 Å². The zero-order valence-electron chi connectivity index (χ0n) is 9.40. The van der Waals surface area contributed by atoms with Gasteiger partial charge in [-0.1, -0.05) is 0 Å². The van der Waals surface area contributed by atoms with Crippen molar-refractivity contribution in [2.75, 3.05) is 0 Å². The Morgan fingerprint density at radius 1 is 1.60 bits per heavy atom. The summed E-state index contributed by atoms with van der Waals surface area (Å²) in [5, 5.41) is 0.746. The highest BCUT2D eigenvalue weighted by molar-refractivity contribution is 7.13. The molecule has 0 aliphatic heterocycles. The van der Waals surface area contributed by atoms with Crippen LogP contribution in [0, 0.1) is 0 Å². The van der Waals surface area contributed by atoms with Gasteiger partial charge in [0.15, 0.2) is 0 Å². The van der Waals surface area contributed by atoms with Gasteiger partial charge in [-0.2, -0.15) is 0 Å². The van der Waals surface area contributed by atoms with Crippen LogP contribution in [-0.4, -0.2) is 16.6 Å². The Bertz CT molecular complexity index is 353. The van der Waals surface area contributed by atoms with E-state index in [4.69, 9.17) is 10.5 Å². The minimum atomic E-state index is -0.477. The Morgan fingerprint density at radius 2 is 2.20 bits per heavy atom. The number of hydrogen-bond donors (Lipinski definition) is 1. The number of rotatable bonds is 2. The molecule has 0 spiro atoms. The van der Waals surface area contributed by atoms with Crippen LogP contribution in [0.5, 0.6) is 0 Å². The zero-order valence-corrected chi connectivity index (χ0v) is 10.2. The molecule has 1 aromatic rings. The number of thiazole rings is 1. The number of aromatic nitrogens is 1. The van der Waals surface area contributed by atoms with Gasteiger partial charge in [0, 0.05) is 0 Å². The molecule has 0 fully saturated rings. The van der Waals surface area contributed by atoms with Crippen LogP contribution in [0.3, 0.4) is 0 Å². The molecule has 1 unspecified atom stereocenters. The van der Waals surface area contributed by atoms with Gasteiger partial charge in [0.1, 0.15) is 15.5 Å². The van der Waals surface area contributed by atoms with Crippen LogP contribution in [0.15, 0.2) is 6.20 Å². The van der Waals surface area contributed by atoms with Gasteiger partial charge in [0.2, 0.25) is 0 Å². The van der Waals surface area contributed by atoms with Crippen LogP contribution >= 0.6 is 11.3 Å². The van der Waals surface area contributed by atoms with Gasteiger partial charge < -0.3 is 10.5 Å². The van der Waals surface area contributed by atoms with E-state index < -0.39 is 5.60 Å². The van der Waals surface area contributed by atoms with Gasteiger partial charge in [-0.05, 0) is 27.7 Å². The van der Waals surface area contributed by atoms with E-state index in [0.717, 1.165) is 5.01 Å². The summed E-state index contributed by atoms with van der Waals surface area (Å²) in [6.07, 6.45) is 1.51. The summed E-state index contributed by atoms with van der Waals surface area (Å²) in [5.74, 6) is -0.341. The molecule has 0 aliphatic rings. The van der Waals surface area contributed by atoms with Crippen LogP contribution in [0.4, 0.5) is 0 Å². The van der Waals surface area contributed by atoms with Gasteiger partial charge in [0.05, 0.1) is 12.2 Å². The molecular formula is C10H16N2O2S. The molecule has 2 N–H and O–H groups in total. The lowest BCUT2D eigenvalue weighted by Crippen LogP contribution is -2.23. The molecule has 1 aromatic heterocycles. The Balaban J connectivity index is 2.75. The molecule has 5 heteroatoms. The Hall–Kier alpha value is -0.940. The average molecular weight is 228 g/mol. The first-order valence-electron chi connectivity index (χ1n) is 4.74. The minimum Gasteiger partial charge on any atom is -0.456 e. The minimum absolute atomic E-state index is 0.147. The van der Waals surface area contributed by atoms with E-state index in [2.05, 4.69) is 4.98 Å². The molecule has 84 valence electrons. The van der Waals surface area contributed by atoms with Crippen molar-refractivity contribution in [3.8, 4) is 0 Å². The number of carbonyl (C=O) groups excluding carboxylic acids is 1. The quantitative estimate of drug-likeness (QED) is 0.787. The Kier molecular flexibility index (Phi) is 3.46. The summed E-state index contributed by atoms with van der Waals surface area (Å²) < 4.78 is 5.21. The van der Waals surface area contributed by atoms with E-state index in [1.165, 1.54) is 17.5 Å². The van der Waals surface area contributed by atoms with E-state index in [9.17, 15) is 4.79 Å². The molecule has 4 nitrogen and oxygen atoms in total. The normalized spacial score (nSPS) is 13.7. The van der Waals surface area contributed by atoms with E-state index >= 15 is 0 Å². The maximum atomic E-state index is 11.6. The van der Waals surface area contributed by atoms with E-state index in [1.807, 2.05) is 27.7 Å². The fourth-order valence-corrected chi connectivity index (χ4v) is 1.67. The summed E-state index contributed by atoms with van der Waals surface area (Å²) in [7, 11) is 0. The monoisotopic (exact) mass is 228 g/mol. The van der Waals surface area contributed by atoms with E-state index in [-0.39, 0.29) is 12.0 Å². The van der Waals surface area contributed by atoms with Crippen LogP contribution in [0.2, 0.25) is 0 Å². The van der Waals surface area contributed by atoms with Crippen LogP contribution in [0.25, 0.3) is 0 Å². The second-order valence-corrected chi connectivity index (χ2v) is 5.42. The maximum absolute atomic E-state index is 11.6. The fourth-order valence-electron chi connectivity index (χ4n) is 0.921. The molecule has 0 aliphatic carbocycles. The number of esters is 1. The molecule has 0 saturated carbocycles. The summed E-state index contributed by atoms with van der Waals surface area (Å²) >= 11 is 1.28. The fraction of sp³-hybridized carbons (Fsp3) is 0.600. The smallest absolute Gasteiger partial charge is 0.350 e. The molecule has 0 radical (unpaired) electrons. The highest BCUT2D eigenvalue weighted by Crippen LogP contribution is 2.20. The highest BCUT2D eigenvalue weighted by Gasteiger charge is 2.20. The molecule has 1 rings (SSSR count). The third-order valence-corrected chi connectivity index (χ3v) is 2.69. The van der Waals surface area contributed by atoms with Crippen LogP contribution in [-0.2, 0) is 4.74 Å². The van der Waals surface area contributed by atoms with Gasteiger partial charge in [-0.3, -0.25) is 0 Å². The Labute approximate surface area is 93.5 Å².